The smallest absolute Gasteiger partial charge is 0.344 e. The van der Waals surface area contributed by atoms with Crippen molar-refractivity contribution in [2.45, 2.75) is 40.0 Å². The molecule has 4 nitrogen and oxygen atoms in total. The molecule has 104 valence electrons. The summed E-state index contributed by atoms with van der Waals surface area (Å²) in [6.07, 6.45) is 2.73. The van der Waals surface area contributed by atoms with E-state index in [1.165, 1.54) is 5.57 Å². The van der Waals surface area contributed by atoms with E-state index in [1.807, 2.05) is 0 Å². The largest absolute Gasteiger partial charge is 0.462 e. The van der Waals surface area contributed by atoms with Crippen LogP contribution in [0, 0.1) is 16.7 Å². The number of rotatable bonds is 0. The summed E-state index contributed by atoms with van der Waals surface area (Å²) in [5.74, 6) is -0.353. The Bertz CT molecular complexity index is 488. The Kier molecular flexibility index (Phi) is 2.57. The summed E-state index contributed by atoms with van der Waals surface area (Å²) in [4.78, 5) is 23.6. The van der Waals surface area contributed by atoms with Gasteiger partial charge in [-0.05, 0) is 36.2 Å². The zero-order valence-corrected chi connectivity index (χ0v) is 11.7. The molecule has 0 saturated heterocycles. The van der Waals surface area contributed by atoms with Gasteiger partial charge in [0.25, 0.3) is 0 Å². The maximum Gasteiger partial charge on any atom is 0.344 e. The third-order valence-corrected chi connectivity index (χ3v) is 4.92. The van der Waals surface area contributed by atoms with Crippen molar-refractivity contribution in [3.63, 3.8) is 0 Å². The van der Waals surface area contributed by atoms with E-state index in [0.717, 1.165) is 24.8 Å². The highest BCUT2D eigenvalue weighted by Crippen LogP contribution is 2.62. The van der Waals surface area contributed by atoms with Crippen LogP contribution in [0.3, 0.4) is 0 Å². The van der Waals surface area contributed by atoms with Gasteiger partial charge >= 0.3 is 11.9 Å². The van der Waals surface area contributed by atoms with Crippen LogP contribution < -0.4 is 0 Å². The highest BCUT2D eigenvalue weighted by Gasteiger charge is 2.55. The fraction of sp³-hybridized carbons (Fsp3) is 0.733. The van der Waals surface area contributed by atoms with E-state index < -0.39 is 5.97 Å². The number of esters is 2. The van der Waals surface area contributed by atoms with Gasteiger partial charge in [0.2, 0.25) is 0 Å². The number of carbonyl (C=O) groups excluding carboxylic acids is 2. The molecular formula is C15H20O4. The van der Waals surface area contributed by atoms with Gasteiger partial charge in [0.15, 0.2) is 6.61 Å². The van der Waals surface area contributed by atoms with Crippen molar-refractivity contribution in [2.24, 2.45) is 16.7 Å². The van der Waals surface area contributed by atoms with Crippen LogP contribution >= 0.6 is 0 Å². The molecule has 0 amide bonds. The second-order valence-electron chi connectivity index (χ2n) is 6.95. The molecule has 0 bridgehead atoms. The minimum Gasteiger partial charge on any atom is -0.462 e. The summed E-state index contributed by atoms with van der Waals surface area (Å²) < 4.78 is 10.4. The van der Waals surface area contributed by atoms with Crippen molar-refractivity contribution in [3.05, 3.63) is 11.1 Å². The number of hydrogen-bond acceptors (Lipinski definition) is 4. The van der Waals surface area contributed by atoms with E-state index in [9.17, 15) is 9.59 Å². The van der Waals surface area contributed by atoms with E-state index in [0.29, 0.717) is 12.5 Å². The maximum atomic E-state index is 12.1. The Morgan fingerprint density at radius 3 is 2.63 bits per heavy atom. The lowest BCUT2D eigenvalue weighted by Gasteiger charge is -2.27. The van der Waals surface area contributed by atoms with Gasteiger partial charge in [0, 0.05) is 11.0 Å². The highest BCUT2D eigenvalue weighted by molar-refractivity contribution is 5.92. The summed E-state index contributed by atoms with van der Waals surface area (Å²) in [7, 11) is 0. The van der Waals surface area contributed by atoms with Crippen LogP contribution in [0.4, 0.5) is 0 Å². The lowest BCUT2D eigenvalue weighted by Crippen LogP contribution is -2.25. The van der Waals surface area contributed by atoms with Gasteiger partial charge in [-0.25, -0.2) is 9.59 Å². The molecule has 3 aliphatic rings. The van der Waals surface area contributed by atoms with Crippen LogP contribution in [0.5, 0.6) is 0 Å². The molecule has 0 spiro atoms. The van der Waals surface area contributed by atoms with Gasteiger partial charge < -0.3 is 9.47 Å². The predicted octanol–water partition coefficient (Wildman–Crippen LogP) is 2.23. The van der Waals surface area contributed by atoms with E-state index in [-0.39, 0.29) is 23.4 Å². The fourth-order valence-corrected chi connectivity index (χ4v) is 4.40. The Hall–Kier alpha value is -1.32. The van der Waals surface area contributed by atoms with Gasteiger partial charge in [-0.3, -0.25) is 0 Å². The molecule has 1 heterocycles. The molecule has 0 N–H and O–H groups in total. The zero-order valence-electron chi connectivity index (χ0n) is 11.7. The molecule has 1 fully saturated rings. The fourth-order valence-electron chi connectivity index (χ4n) is 4.40. The standard InChI is InChI=1S/C15H20O4/c1-14(2)7-15(3)8-19-11(16)6-18-13(17)9-4-5-10(14)12(9)15/h10H,4-8H2,1-3H3/t10-,15-/m1/s1. The van der Waals surface area contributed by atoms with Crippen molar-refractivity contribution >= 4 is 11.9 Å². The summed E-state index contributed by atoms with van der Waals surface area (Å²) >= 11 is 0. The maximum absolute atomic E-state index is 12.1. The SMILES string of the molecule is CC1(C)C[C@]2(C)COC(=O)COC(=O)C3=C2[C@H]1CC3. The molecule has 0 aromatic rings. The molecule has 3 rings (SSSR count). The Morgan fingerprint density at radius 2 is 1.89 bits per heavy atom. The molecule has 0 radical (unpaired) electrons. The highest BCUT2D eigenvalue weighted by atomic mass is 16.6. The van der Waals surface area contributed by atoms with Crippen LogP contribution in [-0.2, 0) is 19.1 Å². The van der Waals surface area contributed by atoms with E-state index in [1.54, 1.807) is 0 Å². The molecule has 0 aromatic carbocycles. The van der Waals surface area contributed by atoms with Crippen LogP contribution in [0.15, 0.2) is 11.1 Å². The predicted molar refractivity (Wildman–Crippen MR) is 68.2 cm³/mol. The average molecular weight is 264 g/mol. The molecule has 2 atom stereocenters. The lowest BCUT2D eigenvalue weighted by atomic mass is 9.79. The summed E-state index contributed by atoms with van der Waals surface area (Å²) in [6.45, 7) is 6.69. The average Bonchev–Trinajstić information content (AvgIpc) is 2.85. The second kappa shape index (κ2) is 3.84. The third kappa shape index (κ3) is 1.80. The van der Waals surface area contributed by atoms with Crippen LogP contribution in [-0.4, -0.2) is 25.2 Å². The first-order valence-electron chi connectivity index (χ1n) is 6.90. The Labute approximate surface area is 113 Å². The first kappa shape index (κ1) is 12.7. The molecule has 0 aromatic heterocycles. The minimum absolute atomic E-state index is 0.151. The number of cyclic esters (lactones) is 2. The minimum atomic E-state index is -0.447. The molecule has 1 aliphatic heterocycles. The van der Waals surface area contributed by atoms with Crippen molar-refractivity contribution in [3.8, 4) is 0 Å². The monoisotopic (exact) mass is 264 g/mol. The second-order valence-corrected chi connectivity index (χ2v) is 6.95. The Morgan fingerprint density at radius 1 is 1.16 bits per heavy atom. The number of hydrogen-bond donors (Lipinski definition) is 0. The van der Waals surface area contributed by atoms with E-state index >= 15 is 0 Å². The topological polar surface area (TPSA) is 52.6 Å². The normalized spacial score (nSPS) is 37.1. The number of carbonyl (C=O) groups is 2. The molecular weight excluding hydrogens is 244 g/mol. The van der Waals surface area contributed by atoms with Gasteiger partial charge in [-0.1, -0.05) is 20.8 Å². The van der Waals surface area contributed by atoms with Crippen molar-refractivity contribution < 1.29 is 19.1 Å². The molecule has 2 aliphatic carbocycles. The molecule has 4 heteroatoms. The molecule has 0 unspecified atom stereocenters. The summed E-state index contributed by atoms with van der Waals surface area (Å²) in [5, 5.41) is 0. The van der Waals surface area contributed by atoms with Crippen LogP contribution in [0.2, 0.25) is 0 Å². The van der Waals surface area contributed by atoms with Crippen molar-refractivity contribution in [1.82, 2.24) is 0 Å². The third-order valence-electron chi connectivity index (χ3n) is 4.92. The Balaban J connectivity index is 2.10. The first-order valence-corrected chi connectivity index (χ1v) is 6.90. The lowest BCUT2D eigenvalue weighted by molar-refractivity contribution is -0.157. The zero-order chi connectivity index (χ0) is 13.8. The van der Waals surface area contributed by atoms with E-state index in [2.05, 4.69) is 20.8 Å². The van der Waals surface area contributed by atoms with Crippen LogP contribution in [0.1, 0.15) is 40.0 Å². The van der Waals surface area contributed by atoms with Gasteiger partial charge in [0.05, 0.1) is 0 Å². The van der Waals surface area contributed by atoms with Crippen molar-refractivity contribution in [1.29, 1.82) is 0 Å². The molecule has 1 saturated carbocycles. The summed E-state index contributed by atoms with van der Waals surface area (Å²) in [6, 6.07) is 0. The van der Waals surface area contributed by atoms with E-state index in [4.69, 9.17) is 9.47 Å². The first-order chi connectivity index (χ1) is 8.83. The van der Waals surface area contributed by atoms with Gasteiger partial charge in [-0.2, -0.15) is 0 Å². The van der Waals surface area contributed by atoms with Crippen LogP contribution in [0.25, 0.3) is 0 Å². The van der Waals surface area contributed by atoms with Gasteiger partial charge in [-0.15, -0.1) is 0 Å². The van der Waals surface area contributed by atoms with Crippen molar-refractivity contribution in [2.75, 3.05) is 13.2 Å². The molecule has 19 heavy (non-hydrogen) atoms. The summed E-state index contributed by atoms with van der Waals surface area (Å²) in [5.41, 5.74) is 1.94. The number of ether oxygens (including phenoxy) is 2. The quantitative estimate of drug-likeness (QED) is 0.630. The van der Waals surface area contributed by atoms with Gasteiger partial charge in [0.1, 0.15) is 6.61 Å².